The van der Waals surface area contributed by atoms with Crippen LogP contribution >= 0.6 is 0 Å². The van der Waals surface area contributed by atoms with Crippen molar-refractivity contribution in [3.63, 3.8) is 0 Å². The van der Waals surface area contributed by atoms with E-state index in [4.69, 9.17) is 4.98 Å². The first kappa shape index (κ1) is 59.3. The summed E-state index contributed by atoms with van der Waals surface area (Å²) >= 11 is 0. The summed E-state index contributed by atoms with van der Waals surface area (Å²) in [4.78, 5) is 74.0. The van der Waals surface area contributed by atoms with Crippen molar-refractivity contribution in [3.8, 4) is 33.9 Å². The molecule has 16 nitrogen and oxygen atoms in total. The minimum atomic E-state index is -1.11. The van der Waals surface area contributed by atoms with Crippen molar-refractivity contribution in [3.05, 3.63) is 163 Å². The van der Waals surface area contributed by atoms with Crippen molar-refractivity contribution in [1.29, 1.82) is 0 Å². The molecule has 0 aliphatic carbocycles. The predicted octanol–water partition coefficient (Wildman–Crippen LogP) is 10.6. The van der Waals surface area contributed by atoms with Crippen LogP contribution in [0.5, 0.6) is 0 Å². The number of pyridine rings is 2. The fourth-order valence-electron chi connectivity index (χ4n) is 9.16. The van der Waals surface area contributed by atoms with Crippen LogP contribution in [0.3, 0.4) is 0 Å². The van der Waals surface area contributed by atoms with Crippen LogP contribution in [0, 0.1) is 37.1 Å². The molecule has 0 atom stereocenters. The maximum absolute atomic E-state index is 15.0. The van der Waals surface area contributed by atoms with E-state index in [1.54, 1.807) is 31.2 Å². The maximum atomic E-state index is 15.0. The third kappa shape index (κ3) is 13.7. The van der Waals surface area contributed by atoms with Crippen LogP contribution < -0.4 is 27.1 Å². The number of benzene rings is 4. The summed E-state index contributed by atoms with van der Waals surface area (Å²) in [6, 6.07) is 22.2. The van der Waals surface area contributed by atoms with Crippen LogP contribution in [0.2, 0.25) is 0 Å². The van der Waals surface area contributed by atoms with Gasteiger partial charge in [0.2, 0.25) is 11.9 Å². The van der Waals surface area contributed by atoms with Gasteiger partial charge in [0, 0.05) is 58.2 Å². The number of hydrogen-bond acceptors (Lipinski definition) is 12. The lowest BCUT2D eigenvalue weighted by Gasteiger charge is -2.21. The topological polar surface area (TPSA) is 192 Å². The van der Waals surface area contributed by atoms with E-state index in [-0.39, 0.29) is 34.7 Å². The molecule has 4 N–H and O–H groups in total. The molecule has 0 aliphatic heterocycles. The number of nitrogens with one attached hydrogen (secondary N) is 3. The summed E-state index contributed by atoms with van der Waals surface area (Å²) in [5.74, 6) is -4.62. The summed E-state index contributed by atoms with van der Waals surface area (Å²) in [5.41, 5.74) is 1.19. The Morgan fingerprint density at radius 3 is 1.32 bits per heavy atom. The number of carboxylic acids is 1. The molecule has 20 heteroatoms. The van der Waals surface area contributed by atoms with Crippen LogP contribution in [0.25, 0.3) is 56.0 Å². The fraction of sp³-hybridized carbons (Fsp3) is 0.333. The van der Waals surface area contributed by atoms with E-state index in [0.717, 1.165) is 96.6 Å². The van der Waals surface area contributed by atoms with Gasteiger partial charge in [0.25, 0.3) is 17.0 Å². The molecule has 0 bridgehead atoms. The molecule has 0 radical (unpaired) electrons. The molecule has 0 unspecified atom stereocenters. The van der Waals surface area contributed by atoms with Crippen molar-refractivity contribution in [2.45, 2.75) is 80.7 Å². The Balaban J connectivity index is 0.000000232. The number of carbonyl (C=O) groups excluding carboxylic acids is 1. The first-order valence-electron chi connectivity index (χ1n) is 26.6. The summed E-state index contributed by atoms with van der Waals surface area (Å²) in [6.07, 6.45) is 1.60. The van der Waals surface area contributed by atoms with Crippen molar-refractivity contribution < 1.29 is 32.3 Å². The van der Waals surface area contributed by atoms with E-state index < -0.39 is 57.3 Å². The highest BCUT2D eigenvalue weighted by atomic mass is 19.1. The average Bonchev–Trinajstić information content (AvgIpc) is 3.44. The van der Waals surface area contributed by atoms with Gasteiger partial charge in [0.05, 0.1) is 17.0 Å². The summed E-state index contributed by atoms with van der Waals surface area (Å²) in [5, 5.41) is 19.7. The number of carbonyl (C=O) groups is 2. The number of para-hydroxylation sites is 2. The molecule has 4 heterocycles. The van der Waals surface area contributed by atoms with Crippen molar-refractivity contribution in [2.75, 3.05) is 63.0 Å². The summed E-state index contributed by atoms with van der Waals surface area (Å²) in [7, 11) is 0. The molecule has 0 aliphatic rings. The Labute approximate surface area is 461 Å². The highest BCUT2D eigenvalue weighted by molar-refractivity contribution is 5.99. The number of halogens is 4. The first-order valence-corrected chi connectivity index (χ1v) is 26.6. The highest BCUT2D eigenvalue weighted by Crippen LogP contribution is 2.34. The quantitative estimate of drug-likeness (QED) is 0.0417. The van der Waals surface area contributed by atoms with Gasteiger partial charge in [0.1, 0.15) is 34.6 Å². The Morgan fingerprint density at radius 2 is 0.950 bits per heavy atom. The zero-order valence-corrected chi connectivity index (χ0v) is 46.5. The number of aromatic carboxylic acids is 1. The van der Waals surface area contributed by atoms with Crippen LogP contribution in [-0.2, 0) is 0 Å². The second-order valence-corrected chi connectivity index (χ2v) is 20.1. The van der Waals surface area contributed by atoms with Crippen molar-refractivity contribution in [1.82, 2.24) is 44.2 Å². The van der Waals surface area contributed by atoms with E-state index in [2.05, 4.69) is 68.4 Å². The zero-order valence-electron chi connectivity index (χ0n) is 46.5. The normalized spacial score (nSPS) is 11.5. The highest BCUT2D eigenvalue weighted by Gasteiger charge is 2.24. The van der Waals surface area contributed by atoms with Gasteiger partial charge in [-0.3, -0.25) is 23.5 Å². The van der Waals surface area contributed by atoms with Gasteiger partial charge in [-0.05, 0) is 159 Å². The smallest absolute Gasteiger partial charge is 0.335 e. The molecule has 1 amide bonds. The summed E-state index contributed by atoms with van der Waals surface area (Å²) < 4.78 is 61.5. The van der Waals surface area contributed by atoms with Crippen molar-refractivity contribution >= 4 is 45.8 Å². The Bertz CT molecular complexity index is 3650. The third-order valence-electron chi connectivity index (χ3n) is 13.5. The number of rotatable bonds is 20. The number of anilines is 2. The number of carboxylic acid groups (broad SMARTS) is 1. The number of hydrogen-bond donors (Lipinski definition) is 4. The molecule has 0 saturated heterocycles. The molecule has 4 aromatic heterocycles. The standard InChI is InChI=1S/C32H38F2N6O2.C28H29F2N5O3/c1-7-39(8-2)18-10-17-35-31-36-27(23-19-21(14-13-20(23)3)30(42)38-32(4,5)6)22-15-16-26(41)40(29(22)37-31)28-24(33)11-9-12-25(28)34;1-4-34(5-2)15-7-14-31-28-32-24(20-16-18(27(37)38)11-10-17(20)3)19-12-13-23(36)35(26(19)33-28)25-21(29)8-6-9-22(25)30/h9,11-16,19H,7-8,10,17-18H2,1-6H3,(H,38,42)(H,35,36,37);6,8-13,16H,4-5,7,14-15H2,1-3H3,(H,37,38)(H,31,32,33). The van der Waals surface area contributed by atoms with Gasteiger partial charge in [-0.15, -0.1) is 0 Å². The van der Waals surface area contributed by atoms with Gasteiger partial charge in [0.15, 0.2) is 11.3 Å². The van der Waals surface area contributed by atoms with E-state index in [0.29, 0.717) is 51.9 Å². The number of amides is 1. The second kappa shape index (κ2) is 26.1. The third-order valence-corrected chi connectivity index (χ3v) is 13.5. The van der Waals surface area contributed by atoms with Gasteiger partial charge in [-0.2, -0.15) is 9.97 Å². The number of fused-ring (bicyclic) bond motifs is 2. The SMILES string of the molecule is CCN(CC)CCCNc1nc(-c2cc(C(=O)NC(C)(C)C)ccc2C)c2ccc(=O)n(-c3c(F)cccc3F)c2n1.CCN(CC)CCCNc1nc(-c2cc(C(=O)O)ccc2C)c2ccc(=O)n(-c3c(F)cccc3F)c2n1. The van der Waals surface area contributed by atoms with Crippen molar-refractivity contribution in [2.24, 2.45) is 0 Å². The minimum absolute atomic E-state index is 0.00197. The molecule has 0 spiro atoms. The number of aromatic nitrogens is 6. The molecule has 8 rings (SSSR count). The maximum Gasteiger partial charge on any atom is 0.335 e. The lowest BCUT2D eigenvalue weighted by atomic mass is 9.99. The average molecular weight is 1100 g/mol. The van der Waals surface area contributed by atoms with Crippen LogP contribution in [-0.4, -0.2) is 114 Å². The van der Waals surface area contributed by atoms with Crippen LogP contribution in [0.15, 0.2) is 107 Å². The minimum Gasteiger partial charge on any atom is -0.478 e. The van der Waals surface area contributed by atoms with Crippen LogP contribution in [0.1, 0.15) is 93.2 Å². The largest absolute Gasteiger partial charge is 0.478 e. The van der Waals surface area contributed by atoms with Gasteiger partial charge in [-0.1, -0.05) is 52.0 Å². The first-order chi connectivity index (χ1) is 38.2. The molecule has 80 heavy (non-hydrogen) atoms. The lowest BCUT2D eigenvalue weighted by Crippen LogP contribution is -2.40. The van der Waals surface area contributed by atoms with Gasteiger partial charge in [-0.25, -0.2) is 32.3 Å². The Kier molecular flexibility index (Phi) is 19.3. The second-order valence-electron chi connectivity index (χ2n) is 20.1. The van der Waals surface area contributed by atoms with Gasteiger partial charge >= 0.3 is 5.97 Å². The zero-order chi connectivity index (χ0) is 58.0. The molecule has 8 aromatic rings. The Morgan fingerprint density at radius 1 is 0.562 bits per heavy atom. The molecular weight excluding hydrogens is 1030 g/mol. The van der Waals surface area contributed by atoms with E-state index >= 15 is 0 Å². The Hall–Kier alpha value is -8.36. The van der Waals surface area contributed by atoms with E-state index in [1.807, 2.05) is 33.8 Å². The predicted molar refractivity (Wildman–Crippen MR) is 306 cm³/mol. The fourth-order valence-corrected chi connectivity index (χ4v) is 9.16. The van der Waals surface area contributed by atoms with E-state index in [9.17, 15) is 41.8 Å². The number of aryl methyl sites for hydroxylation is 2. The molecular formula is C60H67F4N11O5. The molecule has 0 saturated carbocycles. The molecule has 0 fully saturated rings. The monoisotopic (exact) mass is 1100 g/mol. The van der Waals surface area contributed by atoms with E-state index in [1.165, 1.54) is 42.5 Å². The molecule has 4 aromatic carbocycles. The lowest BCUT2D eigenvalue weighted by molar-refractivity contribution is 0.0696. The number of nitrogens with zero attached hydrogens (tertiary/aromatic N) is 8. The summed E-state index contributed by atoms with van der Waals surface area (Å²) in [6.45, 7) is 24.3. The van der Waals surface area contributed by atoms with Gasteiger partial charge < -0.3 is 30.9 Å². The molecule has 420 valence electrons. The van der Waals surface area contributed by atoms with Crippen LogP contribution in [0.4, 0.5) is 29.5 Å².